The lowest BCUT2D eigenvalue weighted by Gasteiger charge is -2.58. The number of rotatable bonds is 13. The largest absolute Gasteiger partial charge is 0.390 e. The van der Waals surface area contributed by atoms with Gasteiger partial charge in [0.25, 0.3) is 0 Å². The summed E-state index contributed by atoms with van der Waals surface area (Å²) in [6.07, 6.45) is 8.17. The van der Waals surface area contributed by atoms with Crippen LogP contribution in [-0.2, 0) is 14.3 Å². The molecule has 1 aliphatic heterocycles. The fourth-order valence-electron chi connectivity index (χ4n) is 6.37. The van der Waals surface area contributed by atoms with Crippen LogP contribution >= 0.6 is 0 Å². The summed E-state index contributed by atoms with van der Waals surface area (Å²) in [6.45, 7) is 4.30. The number of hydrogen-bond donors (Lipinski definition) is 6. The van der Waals surface area contributed by atoms with Gasteiger partial charge in [-0.15, -0.1) is 0 Å². The van der Waals surface area contributed by atoms with Crippen LogP contribution in [0.1, 0.15) is 90.9 Å². The second-order valence-corrected chi connectivity index (χ2v) is 11.3. The molecule has 0 aromatic rings. The van der Waals surface area contributed by atoms with Crippen molar-refractivity contribution in [1.82, 2.24) is 16.0 Å². The summed E-state index contributed by atoms with van der Waals surface area (Å²) in [7, 11) is 3.40. The SMILES string of the molecule is CCCCCCCCCCCC(=O)N[C@@H]1C[C@@H](C)C[C@H]2O[C@@H]3[C@@H](O)[C@H](NC)[C@H](O)[C@H](NC)[C@H]3O[C@@]12O. The van der Waals surface area contributed by atoms with Crippen LogP contribution in [0.2, 0.25) is 0 Å². The molecule has 9 nitrogen and oxygen atoms in total. The van der Waals surface area contributed by atoms with Gasteiger partial charge in [-0.25, -0.2) is 0 Å². The van der Waals surface area contributed by atoms with Crippen molar-refractivity contribution >= 4 is 5.91 Å². The number of hydrogen-bond acceptors (Lipinski definition) is 8. The monoisotopic (exact) mass is 513 g/mol. The molecule has 9 heteroatoms. The van der Waals surface area contributed by atoms with E-state index in [0.29, 0.717) is 19.3 Å². The zero-order chi connectivity index (χ0) is 26.3. The molecule has 3 aliphatic rings. The van der Waals surface area contributed by atoms with Crippen LogP contribution in [0.4, 0.5) is 0 Å². The van der Waals surface area contributed by atoms with E-state index in [4.69, 9.17) is 9.47 Å². The van der Waals surface area contributed by atoms with E-state index < -0.39 is 54.4 Å². The highest BCUT2D eigenvalue weighted by atomic mass is 16.7. The number of nitrogens with one attached hydrogen (secondary N) is 3. The van der Waals surface area contributed by atoms with Crippen LogP contribution in [0, 0.1) is 5.92 Å². The van der Waals surface area contributed by atoms with Gasteiger partial charge in [-0.1, -0.05) is 65.2 Å². The number of aliphatic hydroxyl groups is 3. The van der Waals surface area contributed by atoms with Crippen LogP contribution in [-0.4, -0.2) is 89.8 Å². The van der Waals surface area contributed by atoms with Crippen LogP contribution in [0.15, 0.2) is 0 Å². The molecule has 10 atom stereocenters. The fraction of sp³-hybridized carbons (Fsp3) is 0.963. The lowest BCUT2D eigenvalue weighted by Crippen LogP contribution is -2.78. The number of ether oxygens (including phenoxy) is 2. The Labute approximate surface area is 217 Å². The van der Waals surface area contributed by atoms with Crippen LogP contribution in [0.5, 0.6) is 0 Å². The zero-order valence-electron chi connectivity index (χ0n) is 22.7. The maximum Gasteiger partial charge on any atom is 0.220 e. The Morgan fingerprint density at radius 3 is 2.11 bits per heavy atom. The number of amides is 1. The Bertz CT molecular complexity index is 684. The molecule has 0 aromatic carbocycles. The van der Waals surface area contributed by atoms with Gasteiger partial charge in [-0.3, -0.25) is 4.79 Å². The molecule has 3 rings (SSSR count). The van der Waals surface area contributed by atoms with Crippen molar-refractivity contribution in [3.05, 3.63) is 0 Å². The molecule has 0 radical (unpaired) electrons. The van der Waals surface area contributed by atoms with Gasteiger partial charge in [0, 0.05) is 6.42 Å². The molecule has 3 fully saturated rings. The molecule has 0 aromatic heterocycles. The Kier molecular flexibility index (Phi) is 11.4. The van der Waals surface area contributed by atoms with E-state index in [0.717, 1.165) is 19.3 Å². The highest BCUT2D eigenvalue weighted by Gasteiger charge is 2.62. The van der Waals surface area contributed by atoms with Gasteiger partial charge >= 0.3 is 0 Å². The summed E-state index contributed by atoms with van der Waals surface area (Å²) in [5.74, 6) is -1.60. The normalized spacial score (nSPS) is 40.4. The fourth-order valence-corrected chi connectivity index (χ4v) is 6.37. The van der Waals surface area contributed by atoms with Crippen molar-refractivity contribution in [2.45, 2.75) is 145 Å². The van der Waals surface area contributed by atoms with E-state index in [2.05, 4.69) is 29.8 Å². The molecule has 1 heterocycles. The first-order chi connectivity index (χ1) is 17.3. The molecule has 6 N–H and O–H groups in total. The first-order valence-corrected chi connectivity index (χ1v) is 14.3. The standard InChI is InChI=1S/C27H51N3O6/c1-5-6-7-8-9-10-11-12-13-14-20(31)30-18-15-17(2)16-19-27(18,34)36-25-22(29-4)23(32)21(28-3)24(33)26(25)35-19/h17-19,21-26,28-29,32-34H,5-16H2,1-4H3,(H,30,31)/t17-,18-,19-,21-,22+,23+,24+,25-,26-,27+/m1/s1. The summed E-state index contributed by atoms with van der Waals surface area (Å²) < 4.78 is 12.6. The van der Waals surface area contributed by atoms with Gasteiger partial charge in [-0.05, 0) is 39.3 Å². The predicted octanol–water partition coefficient (Wildman–Crippen LogP) is 1.57. The van der Waals surface area contributed by atoms with Crippen LogP contribution in [0.25, 0.3) is 0 Å². The summed E-state index contributed by atoms with van der Waals surface area (Å²) >= 11 is 0. The van der Waals surface area contributed by atoms with E-state index >= 15 is 0 Å². The van der Waals surface area contributed by atoms with Crippen molar-refractivity contribution in [1.29, 1.82) is 0 Å². The number of unbranched alkanes of at least 4 members (excludes halogenated alkanes) is 8. The minimum Gasteiger partial charge on any atom is -0.390 e. The van der Waals surface area contributed by atoms with E-state index in [1.54, 1.807) is 14.1 Å². The average Bonchev–Trinajstić information content (AvgIpc) is 2.83. The lowest BCUT2D eigenvalue weighted by molar-refractivity contribution is -0.392. The third-order valence-electron chi connectivity index (χ3n) is 8.49. The van der Waals surface area contributed by atoms with Gasteiger partial charge in [0.1, 0.15) is 24.4 Å². The number of carbonyl (C=O) groups excluding carboxylic acids is 1. The van der Waals surface area contributed by atoms with Crippen LogP contribution < -0.4 is 16.0 Å². The molecular weight excluding hydrogens is 462 g/mol. The summed E-state index contributed by atoms with van der Waals surface area (Å²) in [6, 6.07) is -1.77. The van der Waals surface area contributed by atoms with E-state index in [1.807, 2.05) is 0 Å². The second kappa shape index (κ2) is 13.8. The molecule has 0 spiro atoms. The van der Waals surface area contributed by atoms with Crippen molar-refractivity contribution in [2.24, 2.45) is 5.92 Å². The molecule has 2 saturated carbocycles. The number of aliphatic hydroxyl groups excluding tert-OH is 2. The van der Waals surface area contributed by atoms with Gasteiger partial charge in [0.2, 0.25) is 11.7 Å². The molecule has 210 valence electrons. The summed E-state index contributed by atoms with van der Waals surface area (Å²) in [5.41, 5.74) is 0. The zero-order valence-corrected chi connectivity index (χ0v) is 22.7. The lowest BCUT2D eigenvalue weighted by atomic mass is 9.75. The Morgan fingerprint density at radius 2 is 1.50 bits per heavy atom. The smallest absolute Gasteiger partial charge is 0.220 e. The Balaban J connectivity index is 1.56. The average molecular weight is 514 g/mol. The predicted molar refractivity (Wildman–Crippen MR) is 138 cm³/mol. The molecule has 2 aliphatic carbocycles. The minimum atomic E-state index is -1.72. The molecular formula is C27H51N3O6. The third kappa shape index (κ3) is 6.79. The van der Waals surface area contributed by atoms with E-state index in [-0.39, 0.29) is 11.8 Å². The topological polar surface area (TPSA) is 132 Å². The number of carbonyl (C=O) groups is 1. The van der Waals surface area contributed by atoms with Gasteiger partial charge < -0.3 is 40.7 Å². The Morgan fingerprint density at radius 1 is 0.889 bits per heavy atom. The minimum absolute atomic E-state index is 0.0842. The van der Waals surface area contributed by atoms with Gasteiger partial charge in [0.05, 0.1) is 24.2 Å². The number of likely N-dealkylation sites (N-methyl/N-ethyl adjacent to an activating group) is 2. The first kappa shape index (κ1) is 29.7. The molecule has 1 saturated heterocycles. The molecule has 0 unspecified atom stereocenters. The Hall–Kier alpha value is -0.810. The van der Waals surface area contributed by atoms with E-state index in [9.17, 15) is 20.1 Å². The summed E-state index contributed by atoms with van der Waals surface area (Å²) in [5, 5.41) is 42.5. The highest BCUT2D eigenvalue weighted by molar-refractivity contribution is 5.76. The van der Waals surface area contributed by atoms with Crippen molar-refractivity contribution in [3.8, 4) is 0 Å². The van der Waals surface area contributed by atoms with Crippen LogP contribution in [0.3, 0.4) is 0 Å². The maximum absolute atomic E-state index is 12.8. The number of fused-ring (bicyclic) bond motifs is 2. The third-order valence-corrected chi connectivity index (χ3v) is 8.49. The van der Waals surface area contributed by atoms with Gasteiger partial charge in [-0.2, -0.15) is 0 Å². The quantitative estimate of drug-likeness (QED) is 0.205. The molecule has 0 bridgehead atoms. The highest BCUT2D eigenvalue weighted by Crippen LogP contribution is 2.44. The first-order valence-electron chi connectivity index (χ1n) is 14.3. The second-order valence-electron chi connectivity index (χ2n) is 11.3. The molecule has 36 heavy (non-hydrogen) atoms. The van der Waals surface area contributed by atoms with Crippen molar-refractivity contribution in [3.63, 3.8) is 0 Å². The van der Waals surface area contributed by atoms with E-state index in [1.165, 1.54) is 38.5 Å². The van der Waals surface area contributed by atoms with Gasteiger partial charge in [0.15, 0.2) is 0 Å². The molecule has 1 amide bonds. The summed E-state index contributed by atoms with van der Waals surface area (Å²) in [4.78, 5) is 12.8. The van der Waals surface area contributed by atoms with Crippen molar-refractivity contribution in [2.75, 3.05) is 14.1 Å². The van der Waals surface area contributed by atoms with Crippen molar-refractivity contribution < 1.29 is 29.6 Å². The maximum atomic E-state index is 12.8.